The Morgan fingerprint density at radius 2 is 1.75 bits per heavy atom. The van der Waals surface area contributed by atoms with Crippen molar-refractivity contribution in [1.82, 2.24) is 15.8 Å². The van der Waals surface area contributed by atoms with Gasteiger partial charge in [0.15, 0.2) is 4.34 Å². The largest absolute Gasteiger partial charge is 0.328 e. The van der Waals surface area contributed by atoms with Gasteiger partial charge in [-0.15, -0.1) is 11.3 Å². The molecular formula is C20H17N5O5S2. The van der Waals surface area contributed by atoms with E-state index in [1.807, 2.05) is 24.7 Å². The summed E-state index contributed by atoms with van der Waals surface area (Å²) >= 11 is 2.47. The Labute approximate surface area is 190 Å². The summed E-state index contributed by atoms with van der Waals surface area (Å²) in [5.41, 5.74) is 5.93. The molecule has 0 aliphatic carbocycles. The molecule has 0 bridgehead atoms. The van der Waals surface area contributed by atoms with Crippen molar-refractivity contribution in [1.29, 1.82) is 0 Å². The Morgan fingerprint density at radius 1 is 1.03 bits per heavy atom. The number of rotatable bonds is 5. The van der Waals surface area contributed by atoms with Gasteiger partial charge in [-0.25, -0.2) is 4.98 Å². The van der Waals surface area contributed by atoms with E-state index >= 15 is 0 Å². The van der Waals surface area contributed by atoms with Gasteiger partial charge < -0.3 is 5.32 Å². The lowest BCUT2D eigenvalue weighted by Gasteiger charge is -2.09. The number of anilines is 1. The molecule has 0 spiro atoms. The van der Waals surface area contributed by atoms with Gasteiger partial charge in [0.25, 0.3) is 11.6 Å². The number of nitro benzene ring substituents is 1. The van der Waals surface area contributed by atoms with Gasteiger partial charge in [-0.3, -0.25) is 35.3 Å². The Kier molecular flexibility index (Phi) is 7.18. The minimum Gasteiger partial charge on any atom is -0.318 e. The van der Waals surface area contributed by atoms with Crippen LogP contribution in [-0.4, -0.2) is 27.6 Å². The number of aryl methyl sites for hydroxylation is 2. The highest BCUT2D eigenvalue weighted by Gasteiger charge is 2.21. The summed E-state index contributed by atoms with van der Waals surface area (Å²) < 4.78 is 0.634. The number of hydrogen-bond acceptors (Lipinski definition) is 8. The number of hydrogen-bond donors (Lipinski definition) is 3. The molecule has 0 fully saturated rings. The number of hydrazine groups is 1. The normalized spacial score (nSPS) is 10.3. The number of carbonyl (C=O) groups is 3. The first-order valence-electron chi connectivity index (χ1n) is 9.09. The van der Waals surface area contributed by atoms with Gasteiger partial charge in [0.1, 0.15) is 0 Å². The fourth-order valence-electron chi connectivity index (χ4n) is 2.43. The van der Waals surface area contributed by atoms with Crippen LogP contribution in [0.25, 0.3) is 0 Å². The molecule has 164 valence electrons. The molecule has 12 heteroatoms. The number of nitrogens with one attached hydrogen (secondary N) is 3. The van der Waals surface area contributed by atoms with Gasteiger partial charge in [-0.1, -0.05) is 29.5 Å². The van der Waals surface area contributed by atoms with Crippen LogP contribution in [0.2, 0.25) is 0 Å². The molecule has 3 aromatic rings. The summed E-state index contributed by atoms with van der Waals surface area (Å²) in [6.45, 7) is 3.70. The van der Waals surface area contributed by atoms with Crippen molar-refractivity contribution >= 4 is 52.2 Å². The van der Waals surface area contributed by atoms with E-state index in [-0.39, 0.29) is 11.3 Å². The maximum Gasteiger partial charge on any atom is 0.328 e. The average molecular weight is 472 g/mol. The second kappa shape index (κ2) is 10.0. The SMILES string of the molecule is Cc1ccc(NC(=O)C(=O)NNC(=O)c2ccc(Sc3nc(C)cs3)c([N+](=O)[O-])c2)cc1. The van der Waals surface area contributed by atoms with Crippen molar-refractivity contribution < 1.29 is 19.3 Å². The summed E-state index contributed by atoms with van der Waals surface area (Å²) in [6.07, 6.45) is 0. The smallest absolute Gasteiger partial charge is 0.318 e. The van der Waals surface area contributed by atoms with Gasteiger partial charge in [-0.2, -0.15) is 0 Å². The number of nitro groups is 1. The Hall–Kier alpha value is -3.77. The minimum atomic E-state index is -1.10. The molecular weight excluding hydrogens is 454 g/mol. The molecule has 0 aliphatic rings. The lowest BCUT2D eigenvalue weighted by atomic mass is 10.2. The predicted molar refractivity (Wildman–Crippen MR) is 119 cm³/mol. The zero-order valence-electron chi connectivity index (χ0n) is 16.9. The molecule has 2 aromatic carbocycles. The average Bonchev–Trinajstić information content (AvgIpc) is 3.17. The zero-order chi connectivity index (χ0) is 23.3. The van der Waals surface area contributed by atoms with E-state index in [2.05, 4.69) is 15.7 Å². The van der Waals surface area contributed by atoms with Crippen molar-refractivity contribution in [3.8, 4) is 0 Å². The molecule has 0 aliphatic heterocycles. The quantitative estimate of drug-likeness (QED) is 0.294. The van der Waals surface area contributed by atoms with Crippen LogP contribution < -0.4 is 16.2 Å². The lowest BCUT2D eigenvalue weighted by molar-refractivity contribution is -0.387. The summed E-state index contributed by atoms with van der Waals surface area (Å²) in [4.78, 5) is 51.6. The van der Waals surface area contributed by atoms with Crippen molar-refractivity contribution in [2.75, 3.05) is 5.32 Å². The molecule has 3 rings (SSSR count). The van der Waals surface area contributed by atoms with Crippen molar-refractivity contribution in [3.05, 3.63) is 74.8 Å². The molecule has 10 nitrogen and oxygen atoms in total. The summed E-state index contributed by atoms with van der Waals surface area (Å²) in [5, 5.41) is 15.7. The summed E-state index contributed by atoms with van der Waals surface area (Å²) in [5.74, 6) is -2.89. The number of carbonyl (C=O) groups excluding carboxylic acids is 3. The van der Waals surface area contributed by atoms with E-state index in [1.165, 1.54) is 23.5 Å². The number of amides is 3. The lowest BCUT2D eigenvalue weighted by Crippen LogP contribution is -2.46. The highest BCUT2D eigenvalue weighted by atomic mass is 32.2. The third-order valence-electron chi connectivity index (χ3n) is 4.02. The van der Waals surface area contributed by atoms with Gasteiger partial charge in [0, 0.05) is 28.4 Å². The monoisotopic (exact) mass is 471 g/mol. The van der Waals surface area contributed by atoms with Gasteiger partial charge in [0.05, 0.1) is 9.82 Å². The third-order valence-corrected chi connectivity index (χ3v) is 6.14. The van der Waals surface area contributed by atoms with E-state index in [9.17, 15) is 24.5 Å². The molecule has 0 atom stereocenters. The first kappa shape index (κ1) is 22.9. The second-order valence-electron chi connectivity index (χ2n) is 6.52. The van der Waals surface area contributed by atoms with Gasteiger partial charge >= 0.3 is 11.8 Å². The fraction of sp³-hybridized carbons (Fsp3) is 0.100. The molecule has 0 saturated carbocycles. The van der Waals surface area contributed by atoms with Crippen LogP contribution in [0.5, 0.6) is 0 Å². The molecule has 1 aromatic heterocycles. The van der Waals surface area contributed by atoms with Crippen LogP contribution in [0.4, 0.5) is 11.4 Å². The topological polar surface area (TPSA) is 143 Å². The van der Waals surface area contributed by atoms with Gasteiger partial charge in [-0.05, 0) is 38.1 Å². The predicted octanol–water partition coefficient (Wildman–Crippen LogP) is 3.22. The number of thiazole rings is 1. The van der Waals surface area contributed by atoms with Crippen molar-refractivity contribution in [2.24, 2.45) is 0 Å². The van der Waals surface area contributed by atoms with Gasteiger partial charge in [0.2, 0.25) is 0 Å². The Morgan fingerprint density at radius 3 is 2.38 bits per heavy atom. The molecule has 32 heavy (non-hydrogen) atoms. The van der Waals surface area contributed by atoms with Crippen LogP contribution >= 0.6 is 23.1 Å². The fourth-order valence-corrected chi connectivity index (χ4v) is 4.31. The first-order valence-corrected chi connectivity index (χ1v) is 10.8. The molecule has 3 amide bonds. The highest BCUT2D eigenvalue weighted by Crippen LogP contribution is 2.36. The maximum absolute atomic E-state index is 12.3. The van der Waals surface area contributed by atoms with Crippen LogP contribution in [0.15, 0.2) is 57.1 Å². The maximum atomic E-state index is 12.3. The number of aromatic nitrogens is 1. The van der Waals surface area contributed by atoms with E-state index in [4.69, 9.17) is 0 Å². The van der Waals surface area contributed by atoms with Crippen LogP contribution in [-0.2, 0) is 9.59 Å². The van der Waals surface area contributed by atoms with E-state index in [0.29, 0.717) is 14.9 Å². The molecule has 0 saturated heterocycles. The number of benzene rings is 2. The van der Waals surface area contributed by atoms with Crippen LogP contribution in [0, 0.1) is 24.0 Å². The number of nitrogens with zero attached hydrogens (tertiary/aromatic N) is 2. The van der Waals surface area contributed by atoms with E-state index in [1.54, 1.807) is 24.3 Å². The summed E-state index contributed by atoms with van der Waals surface area (Å²) in [6, 6.07) is 10.7. The van der Waals surface area contributed by atoms with Crippen molar-refractivity contribution in [3.63, 3.8) is 0 Å². The van der Waals surface area contributed by atoms with E-state index < -0.39 is 22.6 Å². The molecule has 3 N–H and O–H groups in total. The summed E-state index contributed by atoms with van der Waals surface area (Å²) in [7, 11) is 0. The van der Waals surface area contributed by atoms with Crippen molar-refractivity contribution in [2.45, 2.75) is 23.1 Å². The molecule has 0 unspecified atom stereocenters. The molecule has 0 radical (unpaired) electrons. The third kappa shape index (κ3) is 5.89. The molecule has 1 heterocycles. The Balaban J connectivity index is 1.63. The zero-order valence-corrected chi connectivity index (χ0v) is 18.5. The van der Waals surface area contributed by atoms with Crippen LogP contribution in [0.3, 0.4) is 0 Å². The standard InChI is InChI=1S/C20H17N5O5S2/c1-11-3-6-14(7-4-11)22-18(27)19(28)24-23-17(26)13-5-8-16(15(9-13)25(29)30)32-20-21-12(2)10-31-20/h3-10H,1-2H3,(H,22,27)(H,23,26)(H,24,28). The second-order valence-corrected chi connectivity index (χ2v) is 8.67. The van der Waals surface area contributed by atoms with Crippen LogP contribution in [0.1, 0.15) is 21.6 Å². The first-order chi connectivity index (χ1) is 15.2. The Bertz CT molecular complexity index is 1190. The van der Waals surface area contributed by atoms with E-state index in [0.717, 1.165) is 29.1 Å². The highest BCUT2D eigenvalue weighted by molar-refractivity contribution is 8.01. The minimum absolute atomic E-state index is 0.0596.